The summed E-state index contributed by atoms with van der Waals surface area (Å²) in [5.74, 6) is 0.851. The minimum absolute atomic E-state index is 0.0522. The Bertz CT molecular complexity index is 395. The van der Waals surface area contributed by atoms with Gasteiger partial charge in [-0.2, -0.15) is 4.98 Å². The smallest absolute Gasteiger partial charge is 0.239 e. The molecule has 1 aromatic rings. The van der Waals surface area contributed by atoms with Crippen LogP contribution in [0.15, 0.2) is 0 Å². The number of nitrogens with two attached hydrogens (primary N) is 1. The van der Waals surface area contributed by atoms with E-state index in [1.165, 1.54) is 10.9 Å². The predicted octanol–water partition coefficient (Wildman–Crippen LogP) is -0.787. The van der Waals surface area contributed by atoms with Gasteiger partial charge in [-0.3, -0.25) is 0 Å². The molecular formula is C6H12N4O2S. The van der Waals surface area contributed by atoms with Crippen LogP contribution in [0.4, 0.5) is 5.95 Å². The highest BCUT2D eigenvalue weighted by Gasteiger charge is 2.06. The lowest BCUT2D eigenvalue weighted by Gasteiger charge is -2.00. The second-order valence-electron chi connectivity index (χ2n) is 2.87. The van der Waals surface area contributed by atoms with Crippen molar-refractivity contribution in [2.45, 2.75) is 13.5 Å². The van der Waals surface area contributed by atoms with Gasteiger partial charge in [0.05, 0.1) is 12.3 Å². The zero-order valence-corrected chi connectivity index (χ0v) is 8.37. The molecule has 0 amide bonds. The molecule has 7 heteroatoms. The van der Waals surface area contributed by atoms with Crippen LogP contribution < -0.4 is 5.73 Å². The Hall–Kier alpha value is -1.11. The summed E-state index contributed by atoms with van der Waals surface area (Å²) >= 11 is 0. The Balaban J connectivity index is 2.70. The van der Waals surface area contributed by atoms with Crippen molar-refractivity contribution in [1.82, 2.24) is 14.8 Å². The van der Waals surface area contributed by atoms with Crippen molar-refractivity contribution < 1.29 is 8.42 Å². The van der Waals surface area contributed by atoms with Gasteiger partial charge in [0.1, 0.15) is 15.7 Å². The summed E-state index contributed by atoms with van der Waals surface area (Å²) in [4.78, 5) is 3.85. The number of nitrogens with zero attached hydrogens (tertiary/aromatic N) is 3. The number of aryl methyl sites for hydroxylation is 2. The van der Waals surface area contributed by atoms with Crippen LogP contribution in [0.2, 0.25) is 0 Å². The highest BCUT2D eigenvalue weighted by Crippen LogP contribution is 1.98. The van der Waals surface area contributed by atoms with Crippen molar-refractivity contribution in [3.8, 4) is 0 Å². The third-order valence-corrected chi connectivity index (χ3v) is 2.47. The van der Waals surface area contributed by atoms with Crippen LogP contribution >= 0.6 is 0 Å². The van der Waals surface area contributed by atoms with Gasteiger partial charge in [-0.25, -0.2) is 13.1 Å². The van der Waals surface area contributed by atoms with Crippen molar-refractivity contribution in [2.75, 3.05) is 17.7 Å². The maximum atomic E-state index is 10.8. The highest BCUT2D eigenvalue weighted by atomic mass is 32.2. The summed E-state index contributed by atoms with van der Waals surface area (Å²) < 4.78 is 23.1. The van der Waals surface area contributed by atoms with Gasteiger partial charge in [0, 0.05) is 6.26 Å². The highest BCUT2D eigenvalue weighted by molar-refractivity contribution is 7.90. The third-order valence-electron chi connectivity index (χ3n) is 1.55. The summed E-state index contributed by atoms with van der Waals surface area (Å²) in [5, 5.41) is 3.83. The normalized spacial score (nSPS) is 11.8. The first kappa shape index (κ1) is 9.97. The first-order valence-electron chi connectivity index (χ1n) is 3.73. The number of hydrogen-bond donors (Lipinski definition) is 1. The second-order valence-corrected chi connectivity index (χ2v) is 5.13. The molecular weight excluding hydrogens is 192 g/mol. The largest absolute Gasteiger partial charge is 0.366 e. The van der Waals surface area contributed by atoms with Crippen LogP contribution in [0.25, 0.3) is 0 Å². The number of sulfone groups is 1. The van der Waals surface area contributed by atoms with Gasteiger partial charge in [0.15, 0.2) is 0 Å². The van der Waals surface area contributed by atoms with Crippen molar-refractivity contribution in [2.24, 2.45) is 0 Å². The van der Waals surface area contributed by atoms with Crippen molar-refractivity contribution >= 4 is 15.8 Å². The Kier molecular flexibility index (Phi) is 2.55. The van der Waals surface area contributed by atoms with Gasteiger partial charge in [0.25, 0.3) is 0 Å². The molecule has 6 nitrogen and oxygen atoms in total. The number of rotatable bonds is 3. The molecule has 0 atom stereocenters. The minimum Gasteiger partial charge on any atom is -0.366 e. The van der Waals surface area contributed by atoms with E-state index in [1.807, 2.05) is 0 Å². The van der Waals surface area contributed by atoms with Gasteiger partial charge < -0.3 is 5.73 Å². The molecule has 0 saturated heterocycles. The Labute approximate surface area is 76.7 Å². The fourth-order valence-corrected chi connectivity index (χ4v) is 1.41. The van der Waals surface area contributed by atoms with E-state index in [1.54, 1.807) is 6.92 Å². The van der Waals surface area contributed by atoms with Gasteiger partial charge in [-0.1, -0.05) is 0 Å². The van der Waals surface area contributed by atoms with E-state index in [0.717, 1.165) is 0 Å². The molecule has 2 N–H and O–H groups in total. The number of hydrogen-bond acceptors (Lipinski definition) is 5. The molecule has 0 radical (unpaired) electrons. The molecule has 0 unspecified atom stereocenters. The quantitative estimate of drug-likeness (QED) is 0.697. The van der Waals surface area contributed by atoms with E-state index in [4.69, 9.17) is 5.73 Å². The van der Waals surface area contributed by atoms with Crippen LogP contribution in [-0.4, -0.2) is 35.2 Å². The zero-order valence-electron chi connectivity index (χ0n) is 7.56. The van der Waals surface area contributed by atoms with Gasteiger partial charge >= 0.3 is 0 Å². The van der Waals surface area contributed by atoms with E-state index >= 15 is 0 Å². The van der Waals surface area contributed by atoms with Gasteiger partial charge in [-0.15, -0.1) is 5.10 Å². The molecule has 0 saturated carbocycles. The molecule has 0 fully saturated rings. The molecule has 0 bridgehead atoms. The lowest BCUT2D eigenvalue weighted by molar-refractivity contribution is 0.582. The topological polar surface area (TPSA) is 90.9 Å². The standard InChI is InChI=1S/C6H12N4O2S/c1-5-8-6(7)9-10(5)3-4-13(2,11)12/h3-4H2,1-2H3,(H2,7,9). The maximum Gasteiger partial charge on any atom is 0.239 e. The summed E-state index contributed by atoms with van der Waals surface area (Å²) in [5.41, 5.74) is 5.33. The monoisotopic (exact) mass is 204 g/mol. The Morgan fingerprint density at radius 2 is 2.15 bits per heavy atom. The molecule has 1 aromatic heterocycles. The molecule has 0 aliphatic carbocycles. The van der Waals surface area contributed by atoms with Crippen molar-refractivity contribution in [1.29, 1.82) is 0 Å². The van der Waals surface area contributed by atoms with E-state index < -0.39 is 9.84 Å². The average molecular weight is 204 g/mol. The summed E-state index contributed by atoms with van der Waals surface area (Å²) in [6, 6.07) is 0. The molecule has 0 spiro atoms. The summed E-state index contributed by atoms with van der Waals surface area (Å²) in [6.07, 6.45) is 1.18. The van der Waals surface area contributed by atoms with E-state index in [9.17, 15) is 8.42 Å². The fourth-order valence-electron chi connectivity index (χ4n) is 0.906. The first-order chi connectivity index (χ1) is 5.88. The maximum absolute atomic E-state index is 10.8. The van der Waals surface area contributed by atoms with Crippen molar-refractivity contribution in [3.63, 3.8) is 0 Å². The Morgan fingerprint density at radius 3 is 2.54 bits per heavy atom. The number of aromatic nitrogens is 3. The molecule has 1 heterocycles. The van der Waals surface area contributed by atoms with E-state index in [0.29, 0.717) is 12.4 Å². The fraction of sp³-hybridized carbons (Fsp3) is 0.667. The third kappa shape index (κ3) is 3.02. The molecule has 74 valence electrons. The molecule has 1 rings (SSSR count). The van der Waals surface area contributed by atoms with Gasteiger partial charge in [0.2, 0.25) is 5.95 Å². The predicted molar refractivity (Wildman–Crippen MR) is 48.9 cm³/mol. The molecule has 0 aliphatic rings. The van der Waals surface area contributed by atoms with Crippen LogP contribution in [0.5, 0.6) is 0 Å². The molecule has 0 aliphatic heterocycles. The average Bonchev–Trinajstić information content (AvgIpc) is 2.24. The van der Waals surface area contributed by atoms with Crippen LogP contribution in [0.1, 0.15) is 5.82 Å². The number of nitrogen functional groups attached to an aromatic ring is 1. The number of anilines is 1. The second kappa shape index (κ2) is 3.33. The first-order valence-corrected chi connectivity index (χ1v) is 5.79. The van der Waals surface area contributed by atoms with E-state index in [-0.39, 0.29) is 11.7 Å². The minimum atomic E-state index is -2.96. The van der Waals surface area contributed by atoms with Crippen molar-refractivity contribution in [3.05, 3.63) is 5.82 Å². The SMILES string of the molecule is Cc1nc(N)nn1CCS(C)(=O)=O. The lowest BCUT2D eigenvalue weighted by atomic mass is 10.6. The van der Waals surface area contributed by atoms with Crippen LogP contribution in [-0.2, 0) is 16.4 Å². The van der Waals surface area contributed by atoms with Crippen LogP contribution in [0, 0.1) is 6.92 Å². The lowest BCUT2D eigenvalue weighted by Crippen LogP contribution is -2.13. The molecule has 13 heavy (non-hydrogen) atoms. The van der Waals surface area contributed by atoms with E-state index in [2.05, 4.69) is 10.1 Å². The van der Waals surface area contributed by atoms with Gasteiger partial charge in [-0.05, 0) is 6.92 Å². The summed E-state index contributed by atoms with van der Waals surface area (Å²) in [7, 11) is -2.96. The Morgan fingerprint density at radius 1 is 1.54 bits per heavy atom. The van der Waals surface area contributed by atoms with Crippen LogP contribution in [0.3, 0.4) is 0 Å². The summed E-state index contributed by atoms with van der Waals surface area (Å²) in [6.45, 7) is 2.03. The zero-order chi connectivity index (χ0) is 10.1. The molecule has 0 aromatic carbocycles.